The van der Waals surface area contributed by atoms with Crippen LogP contribution in [0.2, 0.25) is 0 Å². The highest BCUT2D eigenvalue weighted by Crippen LogP contribution is 2.34. The van der Waals surface area contributed by atoms with Crippen molar-refractivity contribution in [3.63, 3.8) is 0 Å². The van der Waals surface area contributed by atoms with Crippen molar-refractivity contribution in [3.8, 4) is 11.4 Å². The highest BCUT2D eigenvalue weighted by molar-refractivity contribution is 7.91. The van der Waals surface area contributed by atoms with Crippen LogP contribution < -0.4 is 16.0 Å². The monoisotopic (exact) mass is 473 g/mol. The van der Waals surface area contributed by atoms with Gasteiger partial charge >= 0.3 is 0 Å². The van der Waals surface area contributed by atoms with Crippen LogP contribution in [0.15, 0.2) is 35.5 Å². The van der Waals surface area contributed by atoms with Crippen LogP contribution in [0.4, 0.5) is 11.4 Å². The molecule has 2 heterocycles. The van der Waals surface area contributed by atoms with Crippen molar-refractivity contribution in [1.29, 1.82) is 0 Å². The Morgan fingerprint density at radius 2 is 1.97 bits per heavy atom. The molecule has 1 aliphatic rings. The number of benzene rings is 1. The molecule has 3 N–H and O–H groups in total. The third-order valence-electron chi connectivity index (χ3n) is 4.76. The summed E-state index contributed by atoms with van der Waals surface area (Å²) in [7, 11) is -2.25. The Morgan fingerprint density at radius 1 is 1.18 bits per heavy atom. The number of carbonyl (C=O) groups is 2. The first-order valence-electron chi connectivity index (χ1n) is 11.3. The zero-order valence-electron chi connectivity index (χ0n) is 20.7. The normalized spacial score (nSPS) is 15.2. The predicted molar refractivity (Wildman–Crippen MR) is 119 cm³/mol. The molecule has 3 aromatic rings. The maximum absolute atomic E-state index is 12.8. The van der Waals surface area contributed by atoms with Crippen molar-refractivity contribution >= 4 is 33.0 Å². The molecule has 1 fully saturated rings. The summed E-state index contributed by atoms with van der Waals surface area (Å²) in [5.41, 5.74) is -0.478. The Balaban J connectivity index is 1.82. The van der Waals surface area contributed by atoms with Crippen LogP contribution in [0, 0.1) is 0 Å². The van der Waals surface area contributed by atoms with Gasteiger partial charge in [-0.3, -0.25) is 14.3 Å². The number of hydrogen-bond acceptors (Lipinski definition) is 9. The van der Waals surface area contributed by atoms with Crippen LogP contribution in [-0.2, 0) is 16.9 Å². The van der Waals surface area contributed by atoms with Crippen molar-refractivity contribution in [2.75, 3.05) is 18.5 Å². The van der Waals surface area contributed by atoms with Crippen molar-refractivity contribution in [1.82, 2.24) is 35.6 Å². The molecular weight excluding hydrogens is 448 g/mol. The number of nitrogens with zero attached hydrogens (tertiary/aromatic N) is 5. The van der Waals surface area contributed by atoms with E-state index >= 15 is 0 Å². The number of amides is 2. The highest BCUT2D eigenvalue weighted by atomic mass is 32.2. The molecule has 172 valence electrons. The van der Waals surface area contributed by atoms with Gasteiger partial charge in [-0.2, -0.15) is 5.10 Å². The summed E-state index contributed by atoms with van der Waals surface area (Å²) >= 11 is 0. The average molecular weight is 474 g/mol. The van der Waals surface area contributed by atoms with E-state index in [1.54, 1.807) is 13.1 Å². The van der Waals surface area contributed by atoms with Crippen molar-refractivity contribution < 1.29 is 22.1 Å². The van der Waals surface area contributed by atoms with Crippen molar-refractivity contribution in [2.45, 2.75) is 23.8 Å². The molecule has 0 saturated heterocycles. The second kappa shape index (κ2) is 8.58. The second-order valence-corrected chi connectivity index (χ2v) is 9.47. The number of sulfone groups is 1. The summed E-state index contributed by atoms with van der Waals surface area (Å²) in [5, 5.41) is 19.1. The van der Waals surface area contributed by atoms with Gasteiger partial charge in [0.1, 0.15) is 11.2 Å². The highest BCUT2D eigenvalue weighted by Gasteiger charge is 2.27. The molecule has 33 heavy (non-hydrogen) atoms. The van der Waals surface area contributed by atoms with E-state index < -0.39 is 34.3 Å². The number of anilines is 2. The van der Waals surface area contributed by atoms with E-state index in [-0.39, 0.29) is 39.4 Å². The molecule has 4 rings (SSSR count). The topological polar surface area (TPSA) is 161 Å². The summed E-state index contributed by atoms with van der Waals surface area (Å²) in [6, 6.07) is 5.75. The van der Waals surface area contributed by atoms with Crippen molar-refractivity contribution in [3.05, 3.63) is 42.0 Å². The summed E-state index contributed by atoms with van der Waals surface area (Å²) in [5.74, 6) is -1.48. The quantitative estimate of drug-likeness (QED) is 0.448. The Kier molecular flexibility index (Phi) is 4.85. The van der Waals surface area contributed by atoms with Gasteiger partial charge in [0, 0.05) is 36.0 Å². The van der Waals surface area contributed by atoms with Gasteiger partial charge in [-0.1, -0.05) is 6.07 Å². The standard InChI is InChI=1S/C20H22N8O4S/c1-21-20(30)16-14(9-15(25-26-16)19(29)23-11-7-8-11)24-13-6-4-5-12(17(13)33(3,31)32)18-22-10-28(2)27-18/h4-6,9-11H,7-8H2,1-3H3,(H,21,30)(H,23,29)(H,24,25)/i1D3. The number of carbonyl (C=O) groups excluding carboxylic acids is 2. The van der Waals surface area contributed by atoms with Gasteiger partial charge in [0.25, 0.3) is 11.8 Å². The van der Waals surface area contributed by atoms with Gasteiger partial charge in [-0.05, 0) is 31.0 Å². The van der Waals surface area contributed by atoms with Gasteiger partial charge in [-0.15, -0.1) is 10.2 Å². The third-order valence-corrected chi connectivity index (χ3v) is 5.94. The Bertz CT molecular complexity index is 1450. The molecule has 0 radical (unpaired) electrons. The summed E-state index contributed by atoms with van der Waals surface area (Å²) in [4.78, 5) is 29.1. The van der Waals surface area contributed by atoms with Crippen LogP contribution in [0.25, 0.3) is 11.4 Å². The zero-order chi connectivity index (χ0) is 26.3. The maximum atomic E-state index is 12.8. The predicted octanol–water partition coefficient (Wildman–Crippen LogP) is 0.671. The molecule has 0 bridgehead atoms. The Hall–Kier alpha value is -3.87. The van der Waals surface area contributed by atoms with Gasteiger partial charge in [0.15, 0.2) is 27.0 Å². The maximum Gasteiger partial charge on any atom is 0.273 e. The summed E-state index contributed by atoms with van der Waals surface area (Å²) < 4.78 is 49.0. The number of rotatable bonds is 7. The molecule has 1 aromatic carbocycles. The SMILES string of the molecule is [2H]C([2H])([2H])NC(=O)c1nnc(C(=O)NC2CC2)cc1Nc1cccc(-c2ncn(C)n2)c1S(C)(=O)=O. The van der Waals surface area contributed by atoms with E-state index in [1.807, 2.05) is 5.32 Å². The lowest BCUT2D eigenvalue weighted by atomic mass is 10.1. The first kappa shape index (κ1) is 18.7. The molecule has 0 unspecified atom stereocenters. The number of aryl methyl sites for hydroxylation is 1. The first-order chi connectivity index (χ1) is 16.8. The van der Waals surface area contributed by atoms with Gasteiger partial charge in [-0.25, -0.2) is 13.4 Å². The Morgan fingerprint density at radius 3 is 2.61 bits per heavy atom. The molecule has 12 nitrogen and oxygen atoms in total. The van der Waals surface area contributed by atoms with Gasteiger partial charge in [0.2, 0.25) is 0 Å². The van der Waals surface area contributed by atoms with E-state index in [0.29, 0.717) is 0 Å². The van der Waals surface area contributed by atoms with Crippen LogP contribution in [0.5, 0.6) is 0 Å². The first-order valence-corrected chi connectivity index (χ1v) is 11.7. The minimum Gasteiger partial charge on any atom is -0.354 e. The fraction of sp³-hybridized carbons (Fsp3) is 0.300. The van der Waals surface area contributed by atoms with E-state index in [4.69, 9.17) is 4.11 Å². The molecule has 0 aliphatic heterocycles. The number of aromatic nitrogens is 5. The molecular formula is C20H22N8O4S. The minimum absolute atomic E-state index is 0.0219. The van der Waals surface area contributed by atoms with Crippen LogP contribution in [0.3, 0.4) is 0 Å². The van der Waals surface area contributed by atoms with Crippen LogP contribution in [0.1, 0.15) is 37.9 Å². The lowest BCUT2D eigenvalue weighted by Gasteiger charge is -2.16. The average Bonchev–Trinajstić information content (AvgIpc) is 3.48. The fourth-order valence-corrected chi connectivity index (χ4v) is 4.21. The van der Waals surface area contributed by atoms with Crippen LogP contribution in [-0.4, -0.2) is 64.5 Å². The summed E-state index contributed by atoms with van der Waals surface area (Å²) in [6.07, 6.45) is 4.07. The molecule has 0 atom stereocenters. The minimum atomic E-state index is -3.88. The summed E-state index contributed by atoms with van der Waals surface area (Å²) in [6.45, 7) is -2.82. The lowest BCUT2D eigenvalue weighted by Crippen LogP contribution is -2.28. The van der Waals surface area contributed by atoms with Gasteiger partial charge < -0.3 is 16.0 Å². The molecule has 2 aromatic heterocycles. The molecule has 1 saturated carbocycles. The molecule has 1 aliphatic carbocycles. The van der Waals surface area contributed by atoms with Crippen molar-refractivity contribution in [2.24, 2.45) is 7.05 Å². The van der Waals surface area contributed by atoms with Gasteiger partial charge in [0.05, 0.1) is 11.4 Å². The molecule has 2 amide bonds. The lowest BCUT2D eigenvalue weighted by molar-refractivity contribution is 0.0934. The number of nitrogens with one attached hydrogen (secondary N) is 3. The van der Waals surface area contributed by atoms with Crippen LogP contribution >= 0.6 is 0 Å². The van der Waals surface area contributed by atoms with E-state index in [9.17, 15) is 18.0 Å². The molecule has 0 spiro atoms. The molecule has 13 heteroatoms. The largest absolute Gasteiger partial charge is 0.354 e. The smallest absolute Gasteiger partial charge is 0.273 e. The second-order valence-electron chi connectivity index (χ2n) is 7.51. The Labute approximate surface area is 194 Å². The fourth-order valence-electron chi connectivity index (χ4n) is 3.13. The van der Waals surface area contributed by atoms with E-state index in [1.165, 1.54) is 29.2 Å². The number of hydrogen-bond donors (Lipinski definition) is 3. The zero-order valence-corrected chi connectivity index (χ0v) is 18.5. The van der Waals surface area contributed by atoms with E-state index in [2.05, 4.69) is 30.9 Å². The third kappa shape index (κ3) is 4.82. The van der Waals surface area contributed by atoms with E-state index in [0.717, 1.165) is 19.1 Å².